The molecule has 0 radical (unpaired) electrons. The van der Waals surface area contributed by atoms with E-state index in [-0.39, 0.29) is 17.5 Å². The average molecular weight is 234 g/mol. The summed E-state index contributed by atoms with van der Waals surface area (Å²) in [6.07, 6.45) is -0.899. The van der Waals surface area contributed by atoms with Crippen LogP contribution in [-0.2, 0) is 0 Å². The van der Waals surface area contributed by atoms with Gasteiger partial charge in [0.2, 0.25) is 0 Å². The average Bonchev–Trinajstić information content (AvgIpc) is 2.59. The normalized spacial score (nSPS) is 10.1. The molecule has 17 heavy (non-hydrogen) atoms. The van der Waals surface area contributed by atoms with Crippen molar-refractivity contribution in [2.75, 3.05) is 0 Å². The summed E-state index contributed by atoms with van der Waals surface area (Å²) < 4.78 is 5.88. The topological polar surface area (TPSA) is 97.7 Å². The van der Waals surface area contributed by atoms with Crippen molar-refractivity contribution < 1.29 is 19.7 Å². The molecule has 1 aromatic heterocycles. The molecule has 1 aromatic carbocycles. The maximum Gasteiger partial charge on any atom is 0.409 e. The first-order chi connectivity index (χ1) is 8.08. The first-order valence-electron chi connectivity index (χ1n) is 4.75. The zero-order chi connectivity index (χ0) is 12.4. The third kappa shape index (κ3) is 2.15. The molecule has 88 valence electrons. The van der Waals surface area contributed by atoms with Gasteiger partial charge in [0.25, 0.3) is 0 Å². The summed E-state index contributed by atoms with van der Waals surface area (Å²) >= 11 is 0. The van der Waals surface area contributed by atoms with Gasteiger partial charge in [-0.3, -0.25) is 4.57 Å². The number of ether oxygens (including phenoxy) is 1. The van der Waals surface area contributed by atoms with Gasteiger partial charge in [-0.05, 0) is 24.3 Å². The highest BCUT2D eigenvalue weighted by Gasteiger charge is 2.08. The van der Waals surface area contributed by atoms with Crippen molar-refractivity contribution in [2.45, 2.75) is 0 Å². The number of carbonyl (C=O) groups excluding carboxylic acids is 1. The van der Waals surface area contributed by atoms with Crippen LogP contribution in [0.4, 0.5) is 4.79 Å². The molecule has 0 aliphatic carbocycles. The predicted octanol–water partition coefficient (Wildman–Crippen LogP) is 1.35. The molecule has 0 aliphatic rings. The number of hydrogen-bond acceptors (Lipinski definition) is 4. The van der Waals surface area contributed by atoms with Gasteiger partial charge in [0.05, 0.1) is 5.69 Å². The quantitative estimate of drug-likeness (QED) is 0.730. The molecule has 1 heterocycles. The van der Waals surface area contributed by atoms with Gasteiger partial charge in [-0.2, -0.15) is 0 Å². The Morgan fingerprint density at radius 1 is 1.06 bits per heavy atom. The number of nitrogens with zero attached hydrogens (tertiary/aromatic N) is 1. The van der Waals surface area contributed by atoms with E-state index in [1.54, 1.807) is 12.1 Å². The van der Waals surface area contributed by atoms with Crippen molar-refractivity contribution in [3.8, 4) is 23.2 Å². The van der Waals surface area contributed by atoms with Gasteiger partial charge in [-0.1, -0.05) is 0 Å². The lowest BCUT2D eigenvalue weighted by molar-refractivity contribution is 0.211. The number of primary amides is 1. The molecular weight excluding hydrogens is 224 g/mol. The first-order valence-corrected chi connectivity index (χ1v) is 4.75. The SMILES string of the molecule is NC(=O)Oc1ccc(-n2c(O)ccc2O)cc1. The van der Waals surface area contributed by atoms with E-state index in [0.717, 1.165) is 0 Å². The molecule has 6 heteroatoms. The molecule has 0 aliphatic heterocycles. The standard InChI is InChI=1S/C11H10N2O4/c12-11(16)17-8-3-1-7(2-4-8)13-9(14)5-6-10(13)15/h1-6,14-15H,(H2,12,16). The summed E-state index contributed by atoms with van der Waals surface area (Å²) in [5, 5.41) is 19.0. The third-order valence-corrected chi connectivity index (χ3v) is 2.15. The van der Waals surface area contributed by atoms with Gasteiger partial charge in [0, 0.05) is 12.1 Å². The van der Waals surface area contributed by atoms with Crippen LogP contribution in [0, 0.1) is 0 Å². The highest BCUT2D eigenvalue weighted by atomic mass is 16.5. The Hall–Kier alpha value is -2.63. The van der Waals surface area contributed by atoms with Crippen molar-refractivity contribution in [1.29, 1.82) is 0 Å². The van der Waals surface area contributed by atoms with E-state index < -0.39 is 6.09 Å². The molecule has 4 N–H and O–H groups in total. The second-order valence-corrected chi connectivity index (χ2v) is 3.30. The fourth-order valence-electron chi connectivity index (χ4n) is 1.46. The Morgan fingerprint density at radius 2 is 1.59 bits per heavy atom. The zero-order valence-electron chi connectivity index (χ0n) is 8.70. The molecule has 0 saturated carbocycles. The number of rotatable bonds is 2. The lowest BCUT2D eigenvalue weighted by atomic mass is 10.3. The van der Waals surface area contributed by atoms with E-state index in [2.05, 4.69) is 4.74 Å². The summed E-state index contributed by atoms with van der Waals surface area (Å²) in [4.78, 5) is 10.5. The van der Waals surface area contributed by atoms with Gasteiger partial charge in [-0.15, -0.1) is 0 Å². The molecule has 2 aromatic rings. The minimum absolute atomic E-state index is 0.0916. The van der Waals surface area contributed by atoms with Gasteiger partial charge >= 0.3 is 6.09 Å². The van der Waals surface area contributed by atoms with Crippen molar-refractivity contribution in [3.05, 3.63) is 36.4 Å². The number of amides is 1. The molecule has 6 nitrogen and oxygen atoms in total. The highest BCUT2D eigenvalue weighted by molar-refractivity contribution is 5.68. The van der Waals surface area contributed by atoms with Crippen LogP contribution in [0.25, 0.3) is 5.69 Å². The molecule has 0 atom stereocenters. The molecule has 1 amide bonds. The van der Waals surface area contributed by atoms with E-state index in [4.69, 9.17) is 5.73 Å². The maximum absolute atomic E-state index is 10.5. The zero-order valence-corrected chi connectivity index (χ0v) is 8.70. The van der Waals surface area contributed by atoms with E-state index in [9.17, 15) is 15.0 Å². The molecule has 2 rings (SSSR count). The van der Waals surface area contributed by atoms with Crippen LogP contribution in [0.5, 0.6) is 17.5 Å². The minimum Gasteiger partial charge on any atom is -0.494 e. The summed E-state index contributed by atoms with van der Waals surface area (Å²) in [5.41, 5.74) is 5.39. The van der Waals surface area contributed by atoms with Gasteiger partial charge in [0.1, 0.15) is 5.75 Å². The van der Waals surface area contributed by atoms with E-state index >= 15 is 0 Å². The minimum atomic E-state index is -0.899. The number of hydrogen-bond donors (Lipinski definition) is 3. The van der Waals surface area contributed by atoms with Crippen LogP contribution in [0.3, 0.4) is 0 Å². The fourth-order valence-corrected chi connectivity index (χ4v) is 1.46. The fraction of sp³-hybridized carbons (Fsp3) is 0. The van der Waals surface area contributed by atoms with Crippen LogP contribution >= 0.6 is 0 Å². The van der Waals surface area contributed by atoms with Gasteiger partial charge < -0.3 is 20.7 Å². The Kier molecular flexibility index (Phi) is 2.61. The Labute approximate surface area is 96.5 Å². The number of carbonyl (C=O) groups is 1. The van der Waals surface area contributed by atoms with Crippen LogP contribution in [-0.4, -0.2) is 20.9 Å². The molecule has 0 bridgehead atoms. The largest absolute Gasteiger partial charge is 0.494 e. The van der Waals surface area contributed by atoms with Crippen molar-refractivity contribution in [2.24, 2.45) is 5.73 Å². The monoisotopic (exact) mass is 234 g/mol. The van der Waals surface area contributed by atoms with E-state index in [1.807, 2.05) is 0 Å². The van der Waals surface area contributed by atoms with Crippen molar-refractivity contribution >= 4 is 6.09 Å². The number of benzene rings is 1. The molecule has 0 fully saturated rings. The summed E-state index contributed by atoms with van der Waals surface area (Å²) in [6.45, 7) is 0. The summed E-state index contributed by atoms with van der Waals surface area (Å²) in [7, 11) is 0. The number of aromatic nitrogens is 1. The molecular formula is C11H10N2O4. The Morgan fingerprint density at radius 3 is 2.06 bits per heavy atom. The van der Waals surface area contributed by atoms with E-state index in [0.29, 0.717) is 5.69 Å². The van der Waals surface area contributed by atoms with Crippen LogP contribution in [0.1, 0.15) is 0 Å². The number of nitrogens with two attached hydrogens (primary N) is 1. The molecule has 0 unspecified atom stereocenters. The smallest absolute Gasteiger partial charge is 0.409 e. The van der Waals surface area contributed by atoms with Crippen LogP contribution < -0.4 is 10.5 Å². The summed E-state index contributed by atoms with van der Waals surface area (Å²) in [5.74, 6) is 0.101. The lowest BCUT2D eigenvalue weighted by Gasteiger charge is -2.07. The van der Waals surface area contributed by atoms with Crippen molar-refractivity contribution in [3.63, 3.8) is 0 Å². The lowest BCUT2D eigenvalue weighted by Crippen LogP contribution is -2.16. The first kappa shape index (κ1) is 10.9. The van der Waals surface area contributed by atoms with Crippen LogP contribution in [0.2, 0.25) is 0 Å². The Balaban J connectivity index is 2.33. The third-order valence-electron chi connectivity index (χ3n) is 2.15. The van der Waals surface area contributed by atoms with Crippen molar-refractivity contribution in [1.82, 2.24) is 4.57 Å². The van der Waals surface area contributed by atoms with E-state index in [1.165, 1.54) is 28.8 Å². The highest BCUT2D eigenvalue weighted by Crippen LogP contribution is 2.27. The van der Waals surface area contributed by atoms with Crippen LogP contribution in [0.15, 0.2) is 36.4 Å². The summed E-state index contributed by atoms with van der Waals surface area (Å²) in [6, 6.07) is 8.86. The molecule has 0 saturated heterocycles. The molecule has 0 spiro atoms. The second kappa shape index (κ2) is 4.09. The Bertz CT molecular complexity index is 526. The van der Waals surface area contributed by atoms with Gasteiger partial charge in [0.15, 0.2) is 11.8 Å². The number of aromatic hydroxyl groups is 2. The second-order valence-electron chi connectivity index (χ2n) is 3.30. The maximum atomic E-state index is 10.5. The van der Waals surface area contributed by atoms with Gasteiger partial charge in [-0.25, -0.2) is 4.79 Å². The predicted molar refractivity (Wildman–Crippen MR) is 59.3 cm³/mol.